The second-order valence-electron chi connectivity index (χ2n) is 5.90. The summed E-state index contributed by atoms with van der Waals surface area (Å²) in [5.74, 6) is -1.45. The molecule has 24 heavy (non-hydrogen) atoms. The molecule has 0 spiro atoms. The molecule has 0 aliphatic rings. The van der Waals surface area contributed by atoms with Gasteiger partial charge in [0.25, 0.3) is 0 Å². The minimum atomic E-state index is -3.70. The molecule has 0 saturated carbocycles. The number of carbonyl (C=O) groups excluding carboxylic acids is 1. The van der Waals surface area contributed by atoms with Crippen LogP contribution >= 0.6 is 0 Å². The van der Waals surface area contributed by atoms with Gasteiger partial charge in [-0.25, -0.2) is 12.8 Å². The average Bonchev–Trinajstić information content (AvgIpc) is 2.48. The van der Waals surface area contributed by atoms with Gasteiger partial charge >= 0.3 is 0 Å². The van der Waals surface area contributed by atoms with Crippen molar-refractivity contribution < 1.29 is 17.6 Å². The minimum absolute atomic E-state index is 0.177. The first-order chi connectivity index (χ1) is 11.2. The molecule has 1 amide bonds. The van der Waals surface area contributed by atoms with Gasteiger partial charge in [-0.1, -0.05) is 29.8 Å². The number of halogens is 1. The van der Waals surface area contributed by atoms with E-state index < -0.39 is 21.5 Å². The van der Waals surface area contributed by atoms with Crippen molar-refractivity contribution in [2.75, 3.05) is 12.8 Å². The van der Waals surface area contributed by atoms with Crippen LogP contribution in [0, 0.1) is 19.7 Å². The molecule has 4 nitrogen and oxygen atoms in total. The zero-order valence-corrected chi connectivity index (χ0v) is 14.7. The molecule has 0 bridgehead atoms. The third kappa shape index (κ3) is 4.41. The van der Waals surface area contributed by atoms with Crippen LogP contribution in [-0.2, 0) is 21.2 Å². The topological polar surface area (TPSA) is 54.5 Å². The van der Waals surface area contributed by atoms with Crippen LogP contribution in [0.5, 0.6) is 0 Å². The van der Waals surface area contributed by atoms with Crippen molar-refractivity contribution in [1.82, 2.24) is 4.90 Å². The molecular formula is C18H20FNO3S. The molecule has 0 N–H and O–H groups in total. The van der Waals surface area contributed by atoms with Gasteiger partial charge in [-0.05, 0) is 43.2 Å². The van der Waals surface area contributed by atoms with Gasteiger partial charge in [0.1, 0.15) is 11.6 Å². The Morgan fingerprint density at radius 3 is 2.29 bits per heavy atom. The molecule has 0 saturated heterocycles. The van der Waals surface area contributed by atoms with E-state index in [9.17, 15) is 17.6 Å². The van der Waals surface area contributed by atoms with E-state index in [0.717, 1.165) is 11.1 Å². The Bertz CT molecular complexity index is 845. The number of carbonyl (C=O) groups is 1. The molecule has 128 valence electrons. The van der Waals surface area contributed by atoms with Gasteiger partial charge in [-0.3, -0.25) is 4.79 Å². The summed E-state index contributed by atoms with van der Waals surface area (Å²) in [4.78, 5) is 13.8. The number of hydrogen-bond acceptors (Lipinski definition) is 3. The maximum atomic E-state index is 12.9. The predicted molar refractivity (Wildman–Crippen MR) is 90.8 cm³/mol. The van der Waals surface area contributed by atoms with Gasteiger partial charge < -0.3 is 4.90 Å². The van der Waals surface area contributed by atoms with Gasteiger partial charge in [0.15, 0.2) is 9.84 Å². The Labute approximate surface area is 141 Å². The Balaban J connectivity index is 2.10. The number of sulfone groups is 1. The van der Waals surface area contributed by atoms with E-state index in [2.05, 4.69) is 0 Å². The second-order valence-corrected chi connectivity index (χ2v) is 7.86. The predicted octanol–water partition coefficient (Wildman–Crippen LogP) is 2.87. The fourth-order valence-corrected chi connectivity index (χ4v) is 3.98. The largest absolute Gasteiger partial charge is 0.341 e. The zero-order chi connectivity index (χ0) is 17.9. The van der Waals surface area contributed by atoms with E-state index in [-0.39, 0.29) is 17.3 Å². The molecule has 0 radical (unpaired) electrons. The van der Waals surface area contributed by atoms with E-state index in [4.69, 9.17) is 0 Å². The highest BCUT2D eigenvalue weighted by atomic mass is 32.2. The molecule has 2 aromatic carbocycles. The summed E-state index contributed by atoms with van der Waals surface area (Å²) in [7, 11) is -2.17. The van der Waals surface area contributed by atoms with Gasteiger partial charge in [0, 0.05) is 13.6 Å². The maximum absolute atomic E-state index is 12.9. The highest BCUT2D eigenvalue weighted by molar-refractivity contribution is 7.92. The molecule has 0 aromatic heterocycles. The standard InChI is InChI=1S/C18H20FNO3S/c1-13-4-9-17(14(2)10-13)24(22,23)12-18(21)20(3)11-15-5-7-16(19)8-6-15/h4-10H,11-12H2,1-3H3. The Morgan fingerprint density at radius 1 is 1.08 bits per heavy atom. The first-order valence-electron chi connectivity index (χ1n) is 7.47. The summed E-state index contributed by atoms with van der Waals surface area (Å²) in [5.41, 5.74) is 2.33. The van der Waals surface area contributed by atoms with Crippen molar-refractivity contribution in [2.45, 2.75) is 25.3 Å². The van der Waals surface area contributed by atoms with E-state index in [1.165, 1.54) is 30.1 Å². The average molecular weight is 349 g/mol. The number of amides is 1. The maximum Gasteiger partial charge on any atom is 0.238 e. The van der Waals surface area contributed by atoms with Gasteiger partial charge in [0.05, 0.1) is 4.90 Å². The Kier molecular flexibility index (Phi) is 5.39. The number of nitrogens with zero attached hydrogens (tertiary/aromatic N) is 1. The smallest absolute Gasteiger partial charge is 0.238 e. The summed E-state index contributed by atoms with van der Waals surface area (Å²) >= 11 is 0. The van der Waals surface area contributed by atoms with E-state index in [1.807, 2.05) is 6.92 Å². The number of rotatable bonds is 5. The number of hydrogen-bond donors (Lipinski definition) is 0. The lowest BCUT2D eigenvalue weighted by atomic mass is 10.2. The van der Waals surface area contributed by atoms with Crippen LogP contribution in [0.2, 0.25) is 0 Å². The summed E-state index contributed by atoms with van der Waals surface area (Å²) in [6.07, 6.45) is 0. The Morgan fingerprint density at radius 2 is 1.71 bits per heavy atom. The fourth-order valence-electron chi connectivity index (χ4n) is 2.45. The fraction of sp³-hybridized carbons (Fsp3) is 0.278. The lowest BCUT2D eigenvalue weighted by molar-refractivity contribution is -0.127. The molecule has 0 unspecified atom stereocenters. The lowest BCUT2D eigenvalue weighted by Crippen LogP contribution is -2.32. The van der Waals surface area contributed by atoms with Crippen LogP contribution < -0.4 is 0 Å². The van der Waals surface area contributed by atoms with Crippen molar-refractivity contribution in [3.05, 3.63) is 65.0 Å². The summed E-state index contributed by atoms with van der Waals surface area (Å²) in [6.45, 7) is 3.82. The van der Waals surface area contributed by atoms with Gasteiger partial charge in [-0.15, -0.1) is 0 Å². The molecule has 0 fully saturated rings. The van der Waals surface area contributed by atoms with Crippen LogP contribution in [0.1, 0.15) is 16.7 Å². The quantitative estimate of drug-likeness (QED) is 0.834. The van der Waals surface area contributed by atoms with Crippen molar-refractivity contribution in [3.8, 4) is 0 Å². The van der Waals surface area contributed by atoms with Crippen molar-refractivity contribution in [1.29, 1.82) is 0 Å². The SMILES string of the molecule is Cc1ccc(S(=O)(=O)CC(=O)N(C)Cc2ccc(F)cc2)c(C)c1. The first-order valence-corrected chi connectivity index (χ1v) is 9.13. The molecular weight excluding hydrogens is 329 g/mol. The lowest BCUT2D eigenvalue weighted by Gasteiger charge is -2.18. The van der Waals surface area contributed by atoms with E-state index in [0.29, 0.717) is 5.56 Å². The molecule has 0 heterocycles. The summed E-state index contributed by atoms with van der Waals surface area (Å²) < 4.78 is 37.9. The molecule has 6 heteroatoms. The van der Waals surface area contributed by atoms with E-state index >= 15 is 0 Å². The van der Waals surface area contributed by atoms with E-state index in [1.54, 1.807) is 31.2 Å². The zero-order valence-electron chi connectivity index (χ0n) is 13.9. The van der Waals surface area contributed by atoms with Gasteiger partial charge in [-0.2, -0.15) is 0 Å². The van der Waals surface area contributed by atoms with Crippen molar-refractivity contribution >= 4 is 15.7 Å². The molecule has 0 aliphatic carbocycles. The molecule has 2 aromatic rings. The number of benzene rings is 2. The monoisotopic (exact) mass is 349 g/mol. The molecule has 0 atom stereocenters. The number of aryl methyl sites for hydroxylation is 2. The van der Waals surface area contributed by atoms with Crippen molar-refractivity contribution in [2.24, 2.45) is 0 Å². The third-order valence-corrected chi connectivity index (χ3v) is 5.49. The second kappa shape index (κ2) is 7.13. The van der Waals surface area contributed by atoms with Crippen molar-refractivity contribution in [3.63, 3.8) is 0 Å². The van der Waals surface area contributed by atoms with Crippen LogP contribution in [-0.4, -0.2) is 32.0 Å². The third-order valence-electron chi connectivity index (χ3n) is 3.74. The first kappa shape index (κ1) is 18.1. The highest BCUT2D eigenvalue weighted by Crippen LogP contribution is 2.18. The van der Waals surface area contributed by atoms with Gasteiger partial charge in [0.2, 0.25) is 5.91 Å². The van der Waals surface area contributed by atoms with Crippen LogP contribution in [0.4, 0.5) is 4.39 Å². The minimum Gasteiger partial charge on any atom is -0.341 e. The highest BCUT2D eigenvalue weighted by Gasteiger charge is 2.23. The Hall–Kier alpha value is -2.21. The van der Waals surface area contributed by atoms with Crippen LogP contribution in [0.3, 0.4) is 0 Å². The summed E-state index contributed by atoms with van der Waals surface area (Å²) in [5, 5.41) is 0. The normalized spacial score (nSPS) is 11.3. The molecule has 0 aliphatic heterocycles. The van der Waals surface area contributed by atoms with Crippen LogP contribution in [0.15, 0.2) is 47.4 Å². The van der Waals surface area contributed by atoms with Crippen LogP contribution in [0.25, 0.3) is 0 Å². The summed E-state index contributed by atoms with van der Waals surface area (Å²) in [6, 6.07) is 10.8. The molecule has 2 rings (SSSR count).